The van der Waals surface area contributed by atoms with Gasteiger partial charge in [0.05, 0.1) is 18.6 Å². The number of carbonyl (C=O) groups is 1. The Kier molecular flexibility index (Phi) is 6.02. The van der Waals surface area contributed by atoms with Gasteiger partial charge in [-0.3, -0.25) is 4.79 Å². The second-order valence-corrected chi connectivity index (χ2v) is 8.85. The molecule has 0 aromatic heterocycles. The Labute approximate surface area is 151 Å². The highest BCUT2D eigenvalue weighted by atomic mass is 17.2. The fraction of sp³-hybridized carbons (Fsp3) is 0.850. The molecule has 1 aliphatic carbocycles. The van der Waals surface area contributed by atoms with E-state index in [4.69, 9.17) is 14.5 Å². The summed E-state index contributed by atoms with van der Waals surface area (Å²) in [6.07, 6.45) is 7.02. The SMILES string of the molecule is COC(=O)C(C)C1CCC(C)(CC=C2C(C)(C)CCCC2(C)O)OO1. The Morgan fingerprint density at radius 2 is 2.00 bits per heavy atom. The number of carbonyl (C=O) groups excluding carboxylic acids is 1. The second-order valence-electron chi connectivity index (χ2n) is 8.85. The van der Waals surface area contributed by atoms with Crippen molar-refractivity contribution in [2.75, 3.05) is 7.11 Å². The van der Waals surface area contributed by atoms with Gasteiger partial charge in [0.15, 0.2) is 0 Å². The Morgan fingerprint density at radius 1 is 1.32 bits per heavy atom. The third-order valence-electron chi connectivity index (χ3n) is 5.97. The lowest BCUT2D eigenvalue weighted by atomic mass is 9.65. The minimum absolute atomic E-state index is 0.00440. The van der Waals surface area contributed by atoms with Gasteiger partial charge in [-0.1, -0.05) is 19.9 Å². The summed E-state index contributed by atoms with van der Waals surface area (Å²) in [7, 11) is 1.39. The van der Waals surface area contributed by atoms with Crippen LogP contribution >= 0.6 is 0 Å². The summed E-state index contributed by atoms with van der Waals surface area (Å²) >= 11 is 0. The number of aliphatic hydroxyl groups is 1. The van der Waals surface area contributed by atoms with Gasteiger partial charge in [0, 0.05) is 0 Å². The number of ether oxygens (including phenoxy) is 1. The van der Waals surface area contributed by atoms with E-state index < -0.39 is 11.2 Å². The van der Waals surface area contributed by atoms with Crippen molar-refractivity contribution in [1.29, 1.82) is 0 Å². The minimum Gasteiger partial charge on any atom is -0.469 e. The summed E-state index contributed by atoms with van der Waals surface area (Å²) in [6, 6.07) is 0. The molecule has 0 spiro atoms. The van der Waals surface area contributed by atoms with Crippen LogP contribution in [0.3, 0.4) is 0 Å². The third-order valence-corrected chi connectivity index (χ3v) is 5.97. The summed E-state index contributed by atoms with van der Waals surface area (Å²) in [5.41, 5.74) is -0.102. The quantitative estimate of drug-likeness (QED) is 0.470. The fourth-order valence-electron chi connectivity index (χ4n) is 4.21. The van der Waals surface area contributed by atoms with Gasteiger partial charge in [-0.15, -0.1) is 0 Å². The smallest absolute Gasteiger partial charge is 0.311 e. The van der Waals surface area contributed by atoms with Crippen LogP contribution in [-0.2, 0) is 19.3 Å². The zero-order valence-corrected chi connectivity index (χ0v) is 16.6. The van der Waals surface area contributed by atoms with Crippen molar-refractivity contribution < 1.29 is 24.4 Å². The summed E-state index contributed by atoms with van der Waals surface area (Å²) < 4.78 is 4.78. The van der Waals surface area contributed by atoms with E-state index in [-0.39, 0.29) is 23.4 Å². The van der Waals surface area contributed by atoms with Crippen LogP contribution in [0.1, 0.15) is 73.1 Å². The lowest BCUT2D eigenvalue weighted by Gasteiger charge is -2.44. The molecule has 1 heterocycles. The number of rotatable bonds is 4. The lowest BCUT2D eigenvalue weighted by Crippen LogP contribution is -2.42. The van der Waals surface area contributed by atoms with E-state index in [1.807, 2.05) is 13.8 Å². The van der Waals surface area contributed by atoms with E-state index in [9.17, 15) is 9.90 Å². The van der Waals surface area contributed by atoms with Crippen LogP contribution in [0.2, 0.25) is 0 Å². The molecule has 5 nitrogen and oxygen atoms in total. The molecule has 0 aromatic rings. The minimum atomic E-state index is -0.754. The molecule has 2 aliphatic rings. The molecule has 2 rings (SSSR count). The number of hydrogen-bond acceptors (Lipinski definition) is 5. The van der Waals surface area contributed by atoms with Gasteiger partial charge < -0.3 is 9.84 Å². The highest BCUT2D eigenvalue weighted by Crippen LogP contribution is 2.46. The van der Waals surface area contributed by atoms with Crippen LogP contribution in [0.15, 0.2) is 11.6 Å². The molecule has 4 atom stereocenters. The molecule has 0 amide bonds. The van der Waals surface area contributed by atoms with Crippen molar-refractivity contribution in [2.45, 2.75) is 90.4 Å². The van der Waals surface area contributed by atoms with Gasteiger partial charge in [0.25, 0.3) is 0 Å². The lowest BCUT2D eigenvalue weighted by molar-refractivity contribution is -0.409. The van der Waals surface area contributed by atoms with Gasteiger partial charge >= 0.3 is 5.97 Å². The molecule has 25 heavy (non-hydrogen) atoms. The van der Waals surface area contributed by atoms with Crippen LogP contribution in [0.4, 0.5) is 0 Å². The summed E-state index contributed by atoms with van der Waals surface area (Å²) in [6.45, 7) is 10.1. The number of esters is 1. The zero-order chi connectivity index (χ0) is 18.9. The van der Waals surface area contributed by atoms with E-state index in [1.54, 1.807) is 6.92 Å². The molecule has 4 unspecified atom stereocenters. The van der Waals surface area contributed by atoms with Crippen molar-refractivity contribution in [1.82, 2.24) is 0 Å². The van der Waals surface area contributed by atoms with Crippen molar-refractivity contribution >= 4 is 5.97 Å². The Balaban J connectivity index is 2.02. The molecule has 0 bridgehead atoms. The van der Waals surface area contributed by atoms with Gasteiger partial charge in [0.2, 0.25) is 0 Å². The van der Waals surface area contributed by atoms with Gasteiger partial charge in [-0.2, -0.15) is 0 Å². The van der Waals surface area contributed by atoms with E-state index in [0.717, 1.165) is 37.7 Å². The van der Waals surface area contributed by atoms with Crippen molar-refractivity contribution in [2.24, 2.45) is 11.3 Å². The van der Waals surface area contributed by atoms with Gasteiger partial charge in [0.1, 0.15) is 11.7 Å². The monoisotopic (exact) mass is 354 g/mol. The molecule has 1 saturated carbocycles. The third kappa shape index (κ3) is 4.63. The Hall–Kier alpha value is -0.910. The molecule has 5 heteroatoms. The Morgan fingerprint density at radius 3 is 2.52 bits per heavy atom. The molecule has 1 N–H and O–H groups in total. The molecule has 2 fully saturated rings. The first-order valence-corrected chi connectivity index (χ1v) is 9.37. The van der Waals surface area contributed by atoms with Crippen molar-refractivity contribution in [3.8, 4) is 0 Å². The fourth-order valence-corrected chi connectivity index (χ4v) is 4.21. The van der Waals surface area contributed by atoms with Crippen molar-refractivity contribution in [3.05, 3.63) is 11.6 Å². The molecule has 0 radical (unpaired) electrons. The second kappa shape index (κ2) is 7.37. The predicted molar refractivity (Wildman–Crippen MR) is 95.7 cm³/mol. The maximum absolute atomic E-state index is 11.7. The molecule has 1 saturated heterocycles. The average molecular weight is 354 g/mol. The topological polar surface area (TPSA) is 65.0 Å². The normalized spacial score (nSPS) is 38.4. The average Bonchev–Trinajstić information content (AvgIpc) is 2.52. The summed E-state index contributed by atoms with van der Waals surface area (Å²) in [5, 5.41) is 10.8. The summed E-state index contributed by atoms with van der Waals surface area (Å²) in [5.74, 6) is -0.620. The van der Waals surface area contributed by atoms with Gasteiger partial charge in [-0.25, -0.2) is 9.78 Å². The van der Waals surface area contributed by atoms with Crippen LogP contribution < -0.4 is 0 Å². The first-order chi connectivity index (χ1) is 11.5. The maximum atomic E-state index is 11.7. The maximum Gasteiger partial charge on any atom is 0.311 e. The van der Waals surface area contributed by atoms with Crippen LogP contribution in [-0.4, -0.2) is 35.5 Å². The zero-order valence-electron chi connectivity index (χ0n) is 16.6. The number of methoxy groups -OCH3 is 1. The largest absolute Gasteiger partial charge is 0.469 e. The molecule has 1 aliphatic heterocycles. The highest BCUT2D eigenvalue weighted by molar-refractivity contribution is 5.72. The number of hydrogen-bond donors (Lipinski definition) is 1. The van der Waals surface area contributed by atoms with Crippen LogP contribution in [0, 0.1) is 11.3 Å². The van der Waals surface area contributed by atoms with Crippen molar-refractivity contribution in [3.63, 3.8) is 0 Å². The van der Waals surface area contributed by atoms with Crippen LogP contribution in [0.25, 0.3) is 0 Å². The highest BCUT2D eigenvalue weighted by Gasteiger charge is 2.42. The molecular weight excluding hydrogens is 320 g/mol. The van der Waals surface area contributed by atoms with E-state index in [0.29, 0.717) is 6.42 Å². The summed E-state index contributed by atoms with van der Waals surface area (Å²) in [4.78, 5) is 22.9. The van der Waals surface area contributed by atoms with E-state index >= 15 is 0 Å². The van der Waals surface area contributed by atoms with Crippen LogP contribution in [0.5, 0.6) is 0 Å². The first kappa shape index (κ1) is 20.4. The van der Waals surface area contributed by atoms with E-state index in [2.05, 4.69) is 19.9 Å². The predicted octanol–water partition coefficient (Wildman–Crippen LogP) is 3.94. The van der Waals surface area contributed by atoms with E-state index in [1.165, 1.54) is 7.11 Å². The first-order valence-electron chi connectivity index (χ1n) is 9.37. The Bertz CT molecular complexity index is 494. The standard InChI is InChI=1S/C20H34O5/c1-14(17(21)23-6)15-8-12-19(4,25-24-15)13-9-16-18(2,3)10-7-11-20(16,5)22/h9,14-15,22H,7-8,10-13H2,1-6H3. The molecular formula is C20H34O5. The molecule has 144 valence electrons. The molecule has 0 aromatic carbocycles. The van der Waals surface area contributed by atoms with Gasteiger partial charge in [-0.05, 0) is 70.3 Å².